The lowest BCUT2D eigenvalue weighted by Crippen LogP contribution is -2.38. The maximum absolute atomic E-state index is 13.3. The van der Waals surface area contributed by atoms with Gasteiger partial charge in [-0.3, -0.25) is 9.69 Å². The van der Waals surface area contributed by atoms with Gasteiger partial charge in [-0.2, -0.15) is 0 Å². The normalized spacial score (nSPS) is 16.4. The molecular weight excluding hydrogens is 404 g/mol. The highest BCUT2D eigenvalue weighted by atomic mass is 35.5. The number of nitrogens with zero attached hydrogens (tertiary/aromatic N) is 2. The van der Waals surface area contributed by atoms with Gasteiger partial charge in [0.15, 0.2) is 5.13 Å². The standard InChI is InChI=1S/C23H25ClN2O2S/c1-3-16-6-8-17(9-7-16)13-21(27)26(14-18-5-4-12-28-18)23-25-22-15(2)19(24)10-11-20(22)29-23/h6-11,18H,3-5,12-14H2,1-2H3. The number of anilines is 1. The summed E-state index contributed by atoms with van der Waals surface area (Å²) in [6, 6.07) is 12.1. The van der Waals surface area contributed by atoms with Crippen LogP contribution in [0.1, 0.15) is 36.5 Å². The highest BCUT2D eigenvalue weighted by molar-refractivity contribution is 7.22. The van der Waals surface area contributed by atoms with Crippen molar-refractivity contribution in [1.29, 1.82) is 0 Å². The summed E-state index contributed by atoms with van der Waals surface area (Å²) in [7, 11) is 0. The minimum absolute atomic E-state index is 0.0487. The molecule has 0 aliphatic carbocycles. The molecule has 1 saturated heterocycles. The summed E-state index contributed by atoms with van der Waals surface area (Å²) in [6.45, 7) is 5.40. The topological polar surface area (TPSA) is 42.4 Å². The second-order valence-corrected chi connectivity index (χ2v) is 8.92. The van der Waals surface area contributed by atoms with Crippen molar-refractivity contribution in [1.82, 2.24) is 4.98 Å². The number of amides is 1. The van der Waals surface area contributed by atoms with Gasteiger partial charge in [-0.25, -0.2) is 4.98 Å². The molecule has 1 atom stereocenters. The minimum atomic E-state index is 0.0487. The van der Waals surface area contributed by atoms with E-state index in [0.29, 0.717) is 18.0 Å². The Morgan fingerprint density at radius 3 is 2.69 bits per heavy atom. The minimum Gasteiger partial charge on any atom is -0.376 e. The summed E-state index contributed by atoms with van der Waals surface area (Å²) >= 11 is 7.81. The molecule has 1 aliphatic heterocycles. The third-order valence-corrected chi connectivity index (χ3v) is 6.92. The van der Waals surface area contributed by atoms with E-state index in [0.717, 1.165) is 52.3 Å². The second kappa shape index (κ2) is 8.82. The fraction of sp³-hybridized carbons (Fsp3) is 0.391. The van der Waals surface area contributed by atoms with E-state index in [4.69, 9.17) is 21.3 Å². The third-order valence-electron chi connectivity index (χ3n) is 5.47. The molecule has 3 aromatic rings. The van der Waals surface area contributed by atoms with Crippen molar-refractivity contribution in [3.05, 3.63) is 58.1 Å². The fourth-order valence-electron chi connectivity index (χ4n) is 3.65. The van der Waals surface area contributed by atoms with Crippen LogP contribution in [-0.4, -0.2) is 30.1 Å². The molecule has 1 amide bonds. The lowest BCUT2D eigenvalue weighted by Gasteiger charge is -2.23. The highest BCUT2D eigenvalue weighted by Crippen LogP contribution is 2.34. The van der Waals surface area contributed by atoms with E-state index < -0.39 is 0 Å². The molecule has 2 aromatic carbocycles. The van der Waals surface area contributed by atoms with E-state index in [-0.39, 0.29) is 12.0 Å². The van der Waals surface area contributed by atoms with E-state index >= 15 is 0 Å². The van der Waals surface area contributed by atoms with E-state index in [1.54, 1.807) is 0 Å². The summed E-state index contributed by atoms with van der Waals surface area (Å²) in [5.74, 6) is 0.0487. The summed E-state index contributed by atoms with van der Waals surface area (Å²) in [5, 5.41) is 1.42. The Labute approximate surface area is 180 Å². The number of rotatable bonds is 6. The number of hydrogen-bond acceptors (Lipinski definition) is 4. The monoisotopic (exact) mass is 428 g/mol. The van der Waals surface area contributed by atoms with Gasteiger partial charge in [0.1, 0.15) is 0 Å². The average Bonchev–Trinajstić information content (AvgIpc) is 3.39. The number of hydrogen-bond donors (Lipinski definition) is 0. The molecule has 1 unspecified atom stereocenters. The molecule has 2 heterocycles. The molecule has 4 nitrogen and oxygen atoms in total. The Morgan fingerprint density at radius 2 is 2.00 bits per heavy atom. The summed E-state index contributed by atoms with van der Waals surface area (Å²) in [5.41, 5.74) is 4.11. The highest BCUT2D eigenvalue weighted by Gasteiger charge is 2.26. The zero-order valence-electron chi connectivity index (χ0n) is 16.8. The summed E-state index contributed by atoms with van der Waals surface area (Å²) in [4.78, 5) is 19.9. The maximum Gasteiger partial charge on any atom is 0.233 e. The first-order chi connectivity index (χ1) is 14.0. The van der Waals surface area contributed by atoms with Crippen LogP contribution in [0.2, 0.25) is 5.02 Å². The van der Waals surface area contributed by atoms with E-state index in [9.17, 15) is 4.79 Å². The molecular formula is C23H25ClN2O2S. The van der Waals surface area contributed by atoms with Gasteiger partial charge in [0, 0.05) is 11.6 Å². The van der Waals surface area contributed by atoms with Crippen LogP contribution < -0.4 is 4.90 Å². The van der Waals surface area contributed by atoms with Gasteiger partial charge in [0.05, 0.1) is 29.3 Å². The SMILES string of the molecule is CCc1ccc(CC(=O)N(CC2CCCO2)c2nc3c(C)c(Cl)ccc3s2)cc1. The van der Waals surface area contributed by atoms with Crippen LogP contribution >= 0.6 is 22.9 Å². The van der Waals surface area contributed by atoms with Gasteiger partial charge in [-0.1, -0.05) is 54.1 Å². The van der Waals surface area contributed by atoms with Gasteiger partial charge in [0.25, 0.3) is 0 Å². The van der Waals surface area contributed by atoms with Crippen LogP contribution in [0.5, 0.6) is 0 Å². The van der Waals surface area contributed by atoms with Gasteiger partial charge >= 0.3 is 0 Å². The lowest BCUT2D eigenvalue weighted by molar-refractivity contribution is -0.118. The van der Waals surface area contributed by atoms with Crippen molar-refractivity contribution < 1.29 is 9.53 Å². The average molecular weight is 429 g/mol. The van der Waals surface area contributed by atoms with Crippen LogP contribution in [0.3, 0.4) is 0 Å². The van der Waals surface area contributed by atoms with Crippen molar-refractivity contribution in [3.8, 4) is 0 Å². The van der Waals surface area contributed by atoms with Gasteiger partial charge in [-0.15, -0.1) is 0 Å². The number of benzene rings is 2. The largest absolute Gasteiger partial charge is 0.376 e. The Balaban J connectivity index is 1.63. The van der Waals surface area contributed by atoms with Crippen LogP contribution in [0.15, 0.2) is 36.4 Å². The molecule has 152 valence electrons. The number of halogens is 1. The second-order valence-electron chi connectivity index (χ2n) is 7.50. The quantitative estimate of drug-likeness (QED) is 0.515. The van der Waals surface area contributed by atoms with Gasteiger partial charge in [-0.05, 0) is 55.0 Å². The van der Waals surface area contributed by atoms with Crippen LogP contribution in [0.25, 0.3) is 10.2 Å². The molecule has 0 spiro atoms. The number of carbonyl (C=O) groups excluding carboxylic acids is 1. The Morgan fingerprint density at radius 1 is 1.24 bits per heavy atom. The molecule has 0 saturated carbocycles. The first-order valence-electron chi connectivity index (χ1n) is 10.1. The van der Waals surface area contributed by atoms with Crippen molar-refractivity contribution in [3.63, 3.8) is 0 Å². The van der Waals surface area contributed by atoms with Crippen molar-refractivity contribution in [2.75, 3.05) is 18.1 Å². The molecule has 0 N–H and O–H groups in total. The van der Waals surface area contributed by atoms with Crippen molar-refractivity contribution in [2.24, 2.45) is 0 Å². The smallest absolute Gasteiger partial charge is 0.233 e. The maximum atomic E-state index is 13.3. The Bertz CT molecular complexity index is 1010. The number of ether oxygens (including phenoxy) is 1. The summed E-state index contributed by atoms with van der Waals surface area (Å²) in [6.07, 6.45) is 3.43. The van der Waals surface area contributed by atoms with Crippen molar-refractivity contribution in [2.45, 2.75) is 45.6 Å². The first kappa shape index (κ1) is 20.3. The first-order valence-corrected chi connectivity index (χ1v) is 11.3. The number of aromatic nitrogens is 1. The molecule has 0 radical (unpaired) electrons. The fourth-order valence-corrected chi connectivity index (χ4v) is 4.85. The molecule has 0 bridgehead atoms. The lowest BCUT2D eigenvalue weighted by atomic mass is 10.1. The van der Waals surface area contributed by atoms with E-state index in [2.05, 4.69) is 19.1 Å². The van der Waals surface area contributed by atoms with Gasteiger partial charge in [0.2, 0.25) is 5.91 Å². The van der Waals surface area contributed by atoms with Crippen LogP contribution in [-0.2, 0) is 22.4 Å². The number of carbonyl (C=O) groups is 1. The summed E-state index contributed by atoms with van der Waals surface area (Å²) < 4.78 is 6.86. The zero-order valence-corrected chi connectivity index (χ0v) is 18.4. The molecule has 4 rings (SSSR count). The number of aryl methyl sites for hydroxylation is 2. The van der Waals surface area contributed by atoms with Crippen molar-refractivity contribution >= 4 is 44.2 Å². The third kappa shape index (κ3) is 4.47. The Kier molecular flexibility index (Phi) is 6.18. The zero-order chi connectivity index (χ0) is 20.4. The predicted molar refractivity (Wildman–Crippen MR) is 120 cm³/mol. The van der Waals surface area contributed by atoms with Crippen LogP contribution in [0.4, 0.5) is 5.13 Å². The molecule has 1 aromatic heterocycles. The molecule has 6 heteroatoms. The predicted octanol–water partition coefficient (Wildman–Crippen LogP) is 5.58. The number of thiazole rings is 1. The molecule has 1 aliphatic rings. The van der Waals surface area contributed by atoms with E-state index in [1.165, 1.54) is 16.9 Å². The molecule has 29 heavy (non-hydrogen) atoms. The van der Waals surface area contributed by atoms with Crippen LogP contribution in [0, 0.1) is 6.92 Å². The number of fused-ring (bicyclic) bond motifs is 1. The van der Waals surface area contributed by atoms with Gasteiger partial charge < -0.3 is 4.74 Å². The van der Waals surface area contributed by atoms with E-state index in [1.807, 2.05) is 36.1 Å². The molecule has 1 fully saturated rings. The Hall–Kier alpha value is -1.95.